The van der Waals surface area contributed by atoms with Crippen LogP contribution in [-0.2, 0) is 11.3 Å². The van der Waals surface area contributed by atoms with Crippen molar-refractivity contribution in [2.24, 2.45) is 0 Å². The average molecular weight is 264 g/mol. The Kier molecular flexibility index (Phi) is 3.26. The highest BCUT2D eigenvalue weighted by molar-refractivity contribution is 5.75. The van der Waals surface area contributed by atoms with Gasteiger partial charge in [0.2, 0.25) is 0 Å². The second-order valence-corrected chi connectivity index (χ2v) is 5.69. The molecule has 0 bridgehead atoms. The van der Waals surface area contributed by atoms with Crippen molar-refractivity contribution in [1.82, 2.24) is 19.7 Å². The molecule has 1 saturated heterocycles. The first kappa shape index (κ1) is 12.6. The van der Waals surface area contributed by atoms with E-state index in [4.69, 9.17) is 0 Å². The minimum atomic E-state index is -0.777. The second-order valence-electron chi connectivity index (χ2n) is 5.69. The molecule has 1 N–H and O–H groups in total. The summed E-state index contributed by atoms with van der Waals surface area (Å²) in [6.45, 7) is 2.90. The predicted molar refractivity (Wildman–Crippen MR) is 69.1 cm³/mol. The lowest BCUT2D eigenvalue weighted by Gasteiger charge is -2.27. The molecule has 104 valence electrons. The Hall–Kier alpha value is -1.43. The standard InChI is InChI=1S/C13H20N4O2/c1-16-6-2-4-9(8-16)11-14-12-10(13(18)19)5-3-7-17(12)15-11/h9-10H,2-8H2,1H3,(H,18,19). The van der Waals surface area contributed by atoms with E-state index in [-0.39, 0.29) is 0 Å². The van der Waals surface area contributed by atoms with Crippen molar-refractivity contribution in [2.45, 2.75) is 44.1 Å². The van der Waals surface area contributed by atoms with Crippen LogP contribution in [0.5, 0.6) is 0 Å². The number of likely N-dealkylation sites (N-methyl/N-ethyl adjacent to an activating group) is 1. The number of carboxylic acids is 1. The largest absolute Gasteiger partial charge is 0.481 e. The van der Waals surface area contributed by atoms with E-state index in [1.54, 1.807) is 0 Å². The Morgan fingerprint density at radius 1 is 1.32 bits per heavy atom. The van der Waals surface area contributed by atoms with Gasteiger partial charge in [0.05, 0.1) is 0 Å². The molecular formula is C13H20N4O2. The number of aliphatic carboxylic acids is 1. The summed E-state index contributed by atoms with van der Waals surface area (Å²) in [5.74, 6) is 0.597. The summed E-state index contributed by atoms with van der Waals surface area (Å²) in [6, 6.07) is 0. The van der Waals surface area contributed by atoms with Crippen LogP contribution in [0, 0.1) is 0 Å². The molecule has 2 aliphatic rings. The van der Waals surface area contributed by atoms with E-state index < -0.39 is 11.9 Å². The van der Waals surface area contributed by atoms with Crippen LogP contribution in [0.3, 0.4) is 0 Å². The normalized spacial score (nSPS) is 28.1. The monoisotopic (exact) mass is 264 g/mol. The van der Waals surface area contributed by atoms with Crippen molar-refractivity contribution in [3.8, 4) is 0 Å². The summed E-state index contributed by atoms with van der Waals surface area (Å²) < 4.78 is 1.81. The smallest absolute Gasteiger partial charge is 0.314 e. The summed E-state index contributed by atoms with van der Waals surface area (Å²) in [4.78, 5) is 18.1. The van der Waals surface area contributed by atoms with Gasteiger partial charge >= 0.3 is 5.97 Å². The zero-order chi connectivity index (χ0) is 13.4. The summed E-state index contributed by atoms with van der Waals surface area (Å²) in [5, 5.41) is 13.8. The van der Waals surface area contributed by atoms with Crippen molar-refractivity contribution >= 4 is 5.97 Å². The number of hydrogen-bond donors (Lipinski definition) is 1. The number of fused-ring (bicyclic) bond motifs is 1. The second kappa shape index (κ2) is 4.92. The van der Waals surface area contributed by atoms with Gasteiger partial charge in [-0.1, -0.05) is 0 Å². The molecule has 6 nitrogen and oxygen atoms in total. The van der Waals surface area contributed by atoms with E-state index in [1.807, 2.05) is 4.68 Å². The van der Waals surface area contributed by atoms with Gasteiger partial charge in [-0.25, -0.2) is 9.67 Å². The number of nitrogens with zero attached hydrogens (tertiary/aromatic N) is 4. The number of carboxylic acid groups (broad SMARTS) is 1. The van der Waals surface area contributed by atoms with Gasteiger partial charge in [-0.2, -0.15) is 5.10 Å². The Morgan fingerprint density at radius 3 is 2.84 bits per heavy atom. The average Bonchev–Trinajstić information content (AvgIpc) is 2.82. The summed E-state index contributed by atoms with van der Waals surface area (Å²) in [7, 11) is 2.11. The number of piperidine rings is 1. The predicted octanol–water partition coefficient (Wildman–Crippen LogP) is 1.05. The molecule has 1 fully saturated rings. The third kappa shape index (κ3) is 2.36. The highest BCUT2D eigenvalue weighted by Crippen LogP contribution is 2.29. The van der Waals surface area contributed by atoms with Gasteiger partial charge in [-0.15, -0.1) is 0 Å². The van der Waals surface area contributed by atoms with Gasteiger partial charge in [-0.05, 0) is 39.3 Å². The maximum absolute atomic E-state index is 11.3. The van der Waals surface area contributed by atoms with Gasteiger partial charge in [0, 0.05) is 19.0 Å². The third-order valence-electron chi connectivity index (χ3n) is 4.18. The molecular weight excluding hydrogens is 244 g/mol. The maximum atomic E-state index is 11.3. The molecule has 0 radical (unpaired) electrons. The van der Waals surface area contributed by atoms with Crippen molar-refractivity contribution in [3.05, 3.63) is 11.6 Å². The first-order chi connectivity index (χ1) is 9.15. The molecule has 2 atom stereocenters. The van der Waals surface area contributed by atoms with Crippen LogP contribution in [0.1, 0.15) is 49.2 Å². The van der Waals surface area contributed by atoms with Crippen LogP contribution in [0.4, 0.5) is 0 Å². The topological polar surface area (TPSA) is 71.2 Å². The third-order valence-corrected chi connectivity index (χ3v) is 4.18. The van der Waals surface area contributed by atoms with E-state index in [1.165, 1.54) is 0 Å². The lowest BCUT2D eigenvalue weighted by Crippen LogP contribution is -2.31. The molecule has 0 aliphatic carbocycles. The first-order valence-electron chi connectivity index (χ1n) is 7.01. The van der Waals surface area contributed by atoms with Crippen molar-refractivity contribution in [1.29, 1.82) is 0 Å². The molecule has 0 amide bonds. The van der Waals surface area contributed by atoms with Gasteiger partial charge < -0.3 is 10.0 Å². The lowest BCUT2D eigenvalue weighted by atomic mass is 9.97. The van der Waals surface area contributed by atoms with Gasteiger partial charge in [0.1, 0.15) is 11.7 Å². The molecule has 3 heterocycles. The number of aromatic nitrogens is 3. The van der Waals surface area contributed by atoms with Gasteiger partial charge in [-0.3, -0.25) is 4.79 Å². The first-order valence-corrected chi connectivity index (χ1v) is 7.01. The molecule has 2 aliphatic heterocycles. The van der Waals surface area contributed by atoms with E-state index in [0.717, 1.165) is 44.7 Å². The zero-order valence-corrected chi connectivity index (χ0v) is 11.2. The molecule has 1 aromatic heterocycles. The number of hydrogen-bond acceptors (Lipinski definition) is 4. The molecule has 3 rings (SSSR count). The molecule has 19 heavy (non-hydrogen) atoms. The van der Waals surface area contributed by atoms with Crippen molar-refractivity contribution in [3.63, 3.8) is 0 Å². The zero-order valence-electron chi connectivity index (χ0n) is 11.2. The van der Waals surface area contributed by atoms with Crippen molar-refractivity contribution < 1.29 is 9.90 Å². The Labute approximate surface area is 112 Å². The van der Waals surface area contributed by atoms with Crippen LogP contribution < -0.4 is 0 Å². The van der Waals surface area contributed by atoms with Crippen LogP contribution in [0.2, 0.25) is 0 Å². The van der Waals surface area contributed by atoms with Crippen LogP contribution in [0.25, 0.3) is 0 Å². The number of rotatable bonds is 2. The van der Waals surface area contributed by atoms with E-state index in [0.29, 0.717) is 18.2 Å². The fraction of sp³-hybridized carbons (Fsp3) is 0.769. The fourth-order valence-electron chi connectivity index (χ4n) is 3.15. The Bertz CT molecular complexity index is 485. The molecule has 0 aromatic carbocycles. The summed E-state index contributed by atoms with van der Waals surface area (Å²) in [6.07, 6.45) is 3.81. The summed E-state index contributed by atoms with van der Waals surface area (Å²) in [5.41, 5.74) is 0. The number of carbonyl (C=O) groups is 1. The Morgan fingerprint density at radius 2 is 2.11 bits per heavy atom. The number of likely N-dealkylation sites (tertiary alicyclic amines) is 1. The minimum absolute atomic E-state index is 0.353. The molecule has 0 spiro atoms. The van der Waals surface area contributed by atoms with Gasteiger partial charge in [0.25, 0.3) is 0 Å². The van der Waals surface area contributed by atoms with Crippen LogP contribution in [-0.4, -0.2) is 50.9 Å². The van der Waals surface area contributed by atoms with Crippen LogP contribution >= 0.6 is 0 Å². The lowest BCUT2D eigenvalue weighted by molar-refractivity contribution is -0.139. The number of aryl methyl sites for hydroxylation is 1. The molecule has 6 heteroatoms. The minimum Gasteiger partial charge on any atom is -0.481 e. The quantitative estimate of drug-likeness (QED) is 0.864. The van der Waals surface area contributed by atoms with E-state index in [2.05, 4.69) is 22.0 Å². The van der Waals surface area contributed by atoms with Crippen molar-refractivity contribution in [2.75, 3.05) is 20.1 Å². The SMILES string of the molecule is CN1CCCC(c2nc3n(n2)CCCC3C(=O)O)C1. The molecule has 0 saturated carbocycles. The highest BCUT2D eigenvalue weighted by Gasteiger charge is 2.32. The maximum Gasteiger partial charge on any atom is 0.314 e. The van der Waals surface area contributed by atoms with E-state index in [9.17, 15) is 9.90 Å². The fourth-order valence-corrected chi connectivity index (χ4v) is 3.15. The van der Waals surface area contributed by atoms with Gasteiger partial charge in [0.15, 0.2) is 5.82 Å². The van der Waals surface area contributed by atoms with Crippen LogP contribution in [0.15, 0.2) is 0 Å². The van der Waals surface area contributed by atoms with E-state index >= 15 is 0 Å². The molecule has 2 unspecified atom stereocenters. The summed E-state index contributed by atoms with van der Waals surface area (Å²) >= 11 is 0. The highest BCUT2D eigenvalue weighted by atomic mass is 16.4. The Balaban J connectivity index is 1.86. The molecule has 1 aromatic rings.